The smallest absolute Gasteiger partial charge is 0.394 e. The van der Waals surface area contributed by atoms with Crippen LogP contribution in [0.15, 0.2) is 0 Å². The lowest BCUT2D eigenvalue weighted by Gasteiger charge is -2.28. The van der Waals surface area contributed by atoms with Crippen molar-refractivity contribution in [1.82, 2.24) is 4.90 Å². The summed E-state index contributed by atoms with van der Waals surface area (Å²) in [6.07, 6.45) is -0.635. The van der Waals surface area contributed by atoms with Crippen LogP contribution in [0.1, 0.15) is 39.0 Å². The average Bonchev–Trinajstić information content (AvgIpc) is 3.09. The maximum atomic E-state index is 12.4. The van der Waals surface area contributed by atoms with Gasteiger partial charge in [-0.2, -0.15) is 13.2 Å². The molecule has 1 rings (SSSR count). The van der Waals surface area contributed by atoms with Gasteiger partial charge in [-0.05, 0) is 38.6 Å². The van der Waals surface area contributed by atoms with Crippen LogP contribution < -0.4 is 5.73 Å². The number of aliphatic hydroxyl groups is 1. The fourth-order valence-corrected chi connectivity index (χ4v) is 2.06. The molecule has 1 fully saturated rings. The highest BCUT2D eigenvalue weighted by Gasteiger charge is 2.37. The Kier molecular flexibility index (Phi) is 5.43. The Morgan fingerprint density at radius 2 is 1.94 bits per heavy atom. The van der Waals surface area contributed by atoms with Crippen LogP contribution in [-0.2, 0) is 0 Å². The van der Waals surface area contributed by atoms with E-state index in [0.717, 1.165) is 12.8 Å². The summed E-state index contributed by atoms with van der Waals surface area (Å²) in [4.78, 5) is 1.49. The molecule has 0 saturated heterocycles. The van der Waals surface area contributed by atoms with Crippen LogP contribution in [0.3, 0.4) is 0 Å². The second-order valence-corrected chi connectivity index (χ2v) is 5.29. The Bertz CT molecular complexity index is 250. The normalized spacial score (nSPS) is 20.2. The highest BCUT2D eigenvalue weighted by Crippen LogP contribution is 2.30. The van der Waals surface area contributed by atoms with Gasteiger partial charge in [-0.3, -0.25) is 4.90 Å². The monoisotopic (exact) mass is 268 g/mol. The second-order valence-electron chi connectivity index (χ2n) is 5.29. The number of hydrogen-bond acceptors (Lipinski definition) is 3. The van der Waals surface area contributed by atoms with Crippen molar-refractivity contribution in [3.05, 3.63) is 0 Å². The van der Waals surface area contributed by atoms with E-state index < -0.39 is 18.3 Å². The lowest BCUT2D eigenvalue weighted by molar-refractivity contribution is -0.147. The molecule has 1 aliphatic carbocycles. The van der Waals surface area contributed by atoms with Crippen molar-refractivity contribution >= 4 is 0 Å². The Balaban J connectivity index is 2.34. The summed E-state index contributed by atoms with van der Waals surface area (Å²) in [6.45, 7) is 1.33. The molecule has 0 radical (unpaired) electrons. The molecule has 0 aliphatic heterocycles. The lowest BCUT2D eigenvalue weighted by Crippen LogP contribution is -2.44. The van der Waals surface area contributed by atoms with Crippen LogP contribution >= 0.6 is 0 Å². The van der Waals surface area contributed by atoms with Gasteiger partial charge in [0.1, 0.15) is 0 Å². The van der Waals surface area contributed by atoms with Crippen molar-refractivity contribution in [3.63, 3.8) is 0 Å². The van der Waals surface area contributed by atoms with Crippen molar-refractivity contribution in [2.75, 3.05) is 19.7 Å². The van der Waals surface area contributed by atoms with E-state index in [1.54, 1.807) is 0 Å². The van der Waals surface area contributed by atoms with Crippen molar-refractivity contribution < 1.29 is 18.3 Å². The molecule has 3 nitrogen and oxygen atoms in total. The first kappa shape index (κ1) is 15.7. The van der Waals surface area contributed by atoms with Crippen molar-refractivity contribution in [2.24, 2.45) is 5.73 Å². The molecular weight excluding hydrogens is 245 g/mol. The maximum absolute atomic E-state index is 12.4. The Hall–Kier alpha value is -0.330. The number of nitrogens with two attached hydrogens (primary N) is 1. The van der Waals surface area contributed by atoms with Gasteiger partial charge in [0.05, 0.1) is 13.2 Å². The molecule has 0 heterocycles. The van der Waals surface area contributed by atoms with Gasteiger partial charge >= 0.3 is 6.18 Å². The fourth-order valence-electron chi connectivity index (χ4n) is 2.06. The van der Waals surface area contributed by atoms with Gasteiger partial charge < -0.3 is 10.8 Å². The zero-order valence-electron chi connectivity index (χ0n) is 10.8. The summed E-state index contributed by atoms with van der Waals surface area (Å²) in [5.41, 5.74) is 5.27. The zero-order valence-corrected chi connectivity index (χ0v) is 10.8. The molecule has 0 aromatic rings. The molecule has 0 aromatic carbocycles. The minimum atomic E-state index is -4.13. The van der Waals surface area contributed by atoms with Gasteiger partial charge in [0, 0.05) is 11.6 Å². The maximum Gasteiger partial charge on any atom is 0.401 e. The third kappa shape index (κ3) is 5.54. The first-order valence-corrected chi connectivity index (χ1v) is 6.50. The third-order valence-corrected chi connectivity index (χ3v) is 3.58. The summed E-state index contributed by atoms with van der Waals surface area (Å²) < 4.78 is 37.1. The molecule has 6 heteroatoms. The quantitative estimate of drug-likeness (QED) is 0.707. The molecular formula is C12H23F3N2O. The lowest BCUT2D eigenvalue weighted by atomic mass is 9.92. The number of aliphatic hydroxyl groups excluding tert-OH is 1. The van der Waals surface area contributed by atoms with Crippen LogP contribution in [0.25, 0.3) is 0 Å². The minimum absolute atomic E-state index is 0.0922. The molecule has 0 amide bonds. The average molecular weight is 268 g/mol. The first-order valence-electron chi connectivity index (χ1n) is 6.50. The summed E-state index contributed by atoms with van der Waals surface area (Å²) in [6, 6.07) is 0.0922. The predicted octanol–water partition coefficient (Wildman–Crippen LogP) is 1.89. The van der Waals surface area contributed by atoms with Crippen LogP contribution in [0.2, 0.25) is 0 Å². The fraction of sp³-hybridized carbons (Fsp3) is 1.00. The van der Waals surface area contributed by atoms with Gasteiger partial charge in [-0.15, -0.1) is 0 Å². The highest BCUT2D eigenvalue weighted by atomic mass is 19.4. The van der Waals surface area contributed by atoms with Gasteiger partial charge in [0.2, 0.25) is 0 Å². The van der Waals surface area contributed by atoms with E-state index in [9.17, 15) is 13.2 Å². The Morgan fingerprint density at radius 3 is 2.33 bits per heavy atom. The summed E-state index contributed by atoms with van der Waals surface area (Å²) in [7, 11) is 0. The summed E-state index contributed by atoms with van der Waals surface area (Å²) >= 11 is 0. The molecule has 1 aliphatic rings. The first-order chi connectivity index (χ1) is 8.29. The van der Waals surface area contributed by atoms with Crippen molar-refractivity contribution in [1.29, 1.82) is 0 Å². The van der Waals surface area contributed by atoms with Gasteiger partial charge in [-0.1, -0.05) is 6.92 Å². The van der Waals surface area contributed by atoms with E-state index in [-0.39, 0.29) is 12.6 Å². The van der Waals surface area contributed by atoms with Crippen LogP contribution in [0.5, 0.6) is 0 Å². The highest BCUT2D eigenvalue weighted by molar-refractivity contribution is 4.87. The van der Waals surface area contributed by atoms with E-state index in [0.29, 0.717) is 25.8 Å². The van der Waals surface area contributed by atoms with Crippen LogP contribution in [-0.4, -0.2) is 47.5 Å². The predicted molar refractivity (Wildman–Crippen MR) is 64.2 cm³/mol. The van der Waals surface area contributed by atoms with Gasteiger partial charge in [0.25, 0.3) is 0 Å². The molecule has 3 N–H and O–H groups in total. The van der Waals surface area contributed by atoms with E-state index in [1.165, 1.54) is 4.90 Å². The molecule has 1 unspecified atom stereocenters. The molecule has 18 heavy (non-hydrogen) atoms. The summed E-state index contributed by atoms with van der Waals surface area (Å²) in [5, 5.41) is 9.14. The number of rotatable bonds is 8. The van der Waals surface area contributed by atoms with Crippen LogP contribution in [0.4, 0.5) is 13.2 Å². The van der Waals surface area contributed by atoms with E-state index in [4.69, 9.17) is 10.8 Å². The molecule has 1 saturated carbocycles. The van der Waals surface area contributed by atoms with Crippen molar-refractivity contribution in [2.45, 2.75) is 56.8 Å². The SMILES string of the molecule is CCC(N)(CO)CCCN(CC(F)(F)F)C1CC1. The summed E-state index contributed by atoms with van der Waals surface area (Å²) in [5.74, 6) is 0. The minimum Gasteiger partial charge on any atom is -0.394 e. The van der Waals surface area contributed by atoms with Crippen LogP contribution in [0, 0.1) is 0 Å². The Labute approximate surface area is 106 Å². The van der Waals surface area contributed by atoms with E-state index in [1.807, 2.05) is 6.92 Å². The number of alkyl halides is 3. The number of hydrogen-bond donors (Lipinski definition) is 2. The largest absolute Gasteiger partial charge is 0.401 e. The molecule has 108 valence electrons. The third-order valence-electron chi connectivity index (χ3n) is 3.58. The molecule has 0 aromatic heterocycles. The van der Waals surface area contributed by atoms with Crippen molar-refractivity contribution in [3.8, 4) is 0 Å². The van der Waals surface area contributed by atoms with E-state index >= 15 is 0 Å². The Morgan fingerprint density at radius 1 is 1.33 bits per heavy atom. The second kappa shape index (κ2) is 6.21. The topological polar surface area (TPSA) is 49.5 Å². The van der Waals surface area contributed by atoms with Gasteiger partial charge in [-0.25, -0.2) is 0 Å². The zero-order chi connectivity index (χ0) is 13.8. The number of halogens is 3. The van der Waals surface area contributed by atoms with Gasteiger partial charge in [0.15, 0.2) is 0 Å². The standard InChI is InChI=1S/C12H23F3N2O/c1-2-11(16,9-18)6-3-7-17(10-4-5-10)8-12(13,14)15/h10,18H,2-9,16H2,1H3. The van der Waals surface area contributed by atoms with E-state index in [2.05, 4.69) is 0 Å². The molecule has 0 bridgehead atoms. The molecule has 0 spiro atoms. The molecule has 1 atom stereocenters. The number of nitrogens with zero attached hydrogens (tertiary/aromatic N) is 1.